The lowest BCUT2D eigenvalue weighted by Gasteiger charge is -2.12. The number of nitrogens with zero attached hydrogens (tertiary/aromatic N) is 5. The first-order valence-corrected chi connectivity index (χ1v) is 6.21. The number of carboxylic acids is 1. The van der Waals surface area contributed by atoms with E-state index in [1.165, 1.54) is 6.07 Å². The van der Waals surface area contributed by atoms with Gasteiger partial charge in [0, 0.05) is 12.4 Å². The first-order chi connectivity index (χ1) is 9.65. The van der Waals surface area contributed by atoms with Gasteiger partial charge in [-0.25, -0.2) is 9.48 Å². The SMILES string of the molecule is CC(Cn1cccn1)n1nnc2cc(C(=O)O)ccc21. The van der Waals surface area contributed by atoms with Crippen LogP contribution >= 0.6 is 0 Å². The van der Waals surface area contributed by atoms with Crippen LogP contribution in [0.25, 0.3) is 11.0 Å². The van der Waals surface area contributed by atoms with E-state index < -0.39 is 5.97 Å². The molecule has 0 saturated heterocycles. The van der Waals surface area contributed by atoms with Crippen LogP contribution in [0.15, 0.2) is 36.7 Å². The van der Waals surface area contributed by atoms with E-state index in [1.807, 2.05) is 23.9 Å². The minimum Gasteiger partial charge on any atom is -0.478 e. The molecule has 0 aliphatic heterocycles. The second-order valence-corrected chi connectivity index (χ2v) is 4.62. The standard InChI is InChI=1S/C13H13N5O2/c1-9(8-17-6-2-5-14-17)18-12-4-3-10(13(19)20)7-11(12)15-16-18/h2-7,9H,8H2,1H3,(H,19,20). The molecule has 0 spiro atoms. The highest BCUT2D eigenvalue weighted by Gasteiger charge is 2.13. The number of hydrogen-bond acceptors (Lipinski definition) is 4. The fourth-order valence-corrected chi connectivity index (χ4v) is 2.16. The number of carboxylic acid groups (broad SMARTS) is 1. The lowest BCUT2D eigenvalue weighted by atomic mass is 10.2. The number of benzene rings is 1. The predicted molar refractivity (Wildman–Crippen MR) is 71.4 cm³/mol. The molecule has 1 aromatic carbocycles. The van der Waals surface area contributed by atoms with E-state index in [1.54, 1.807) is 23.0 Å². The van der Waals surface area contributed by atoms with Gasteiger partial charge in [-0.05, 0) is 31.2 Å². The molecule has 1 N–H and O–H groups in total. The molecule has 20 heavy (non-hydrogen) atoms. The van der Waals surface area contributed by atoms with Crippen LogP contribution in [0.1, 0.15) is 23.3 Å². The van der Waals surface area contributed by atoms with Crippen molar-refractivity contribution in [2.24, 2.45) is 0 Å². The van der Waals surface area contributed by atoms with Crippen LogP contribution in [-0.2, 0) is 6.54 Å². The molecule has 0 fully saturated rings. The summed E-state index contributed by atoms with van der Waals surface area (Å²) in [5.74, 6) is -0.967. The van der Waals surface area contributed by atoms with Crippen LogP contribution in [0.5, 0.6) is 0 Å². The van der Waals surface area contributed by atoms with Crippen molar-refractivity contribution in [3.05, 3.63) is 42.2 Å². The van der Waals surface area contributed by atoms with Crippen LogP contribution in [-0.4, -0.2) is 35.9 Å². The summed E-state index contributed by atoms with van der Waals surface area (Å²) >= 11 is 0. The van der Waals surface area contributed by atoms with Crippen LogP contribution in [0.3, 0.4) is 0 Å². The summed E-state index contributed by atoms with van der Waals surface area (Å²) in [6.45, 7) is 2.69. The molecule has 0 amide bonds. The fraction of sp³-hybridized carbons (Fsp3) is 0.231. The summed E-state index contributed by atoms with van der Waals surface area (Å²) in [6, 6.07) is 6.76. The third kappa shape index (κ3) is 2.13. The van der Waals surface area contributed by atoms with Crippen LogP contribution in [0.4, 0.5) is 0 Å². The molecule has 3 rings (SSSR count). The average molecular weight is 271 g/mol. The van der Waals surface area contributed by atoms with E-state index in [0.29, 0.717) is 12.1 Å². The molecule has 1 atom stereocenters. The Hall–Kier alpha value is -2.70. The van der Waals surface area contributed by atoms with E-state index in [2.05, 4.69) is 15.4 Å². The molecule has 0 radical (unpaired) electrons. The first kappa shape index (κ1) is 12.3. The van der Waals surface area contributed by atoms with Gasteiger partial charge in [-0.3, -0.25) is 4.68 Å². The maximum Gasteiger partial charge on any atom is 0.335 e. The number of carbonyl (C=O) groups is 1. The summed E-state index contributed by atoms with van der Waals surface area (Å²) in [7, 11) is 0. The maximum atomic E-state index is 10.9. The van der Waals surface area contributed by atoms with Gasteiger partial charge in [-0.15, -0.1) is 5.10 Å². The Bertz CT molecular complexity index is 747. The highest BCUT2D eigenvalue weighted by atomic mass is 16.4. The van der Waals surface area contributed by atoms with Gasteiger partial charge in [0.1, 0.15) is 5.52 Å². The van der Waals surface area contributed by atoms with Crippen molar-refractivity contribution >= 4 is 17.0 Å². The van der Waals surface area contributed by atoms with E-state index in [4.69, 9.17) is 5.11 Å². The molecule has 0 bridgehead atoms. The maximum absolute atomic E-state index is 10.9. The normalized spacial score (nSPS) is 12.7. The Morgan fingerprint density at radius 1 is 1.45 bits per heavy atom. The Balaban J connectivity index is 1.94. The zero-order valence-corrected chi connectivity index (χ0v) is 10.8. The minimum absolute atomic E-state index is 0.0654. The molecule has 102 valence electrons. The van der Waals surface area contributed by atoms with Gasteiger partial charge in [-0.1, -0.05) is 5.21 Å². The number of aromatic nitrogens is 5. The van der Waals surface area contributed by atoms with Crippen molar-refractivity contribution in [1.82, 2.24) is 24.8 Å². The number of aromatic carboxylic acids is 1. The molecular formula is C13H13N5O2. The van der Waals surface area contributed by atoms with E-state index in [9.17, 15) is 4.79 Å². The second kappa shape index (κ2) is 4.76. The van der Waals surface area contributed by atoms with Gasteiger partial charge in [0.2, 0.25) is 0 Å². The van der Waals surface area contributed by atoms with Gasteiger partial charge >= 0.3 is 5.97 Å². The largest absolute Gasteiger partial charge is 0.478 e. The Kier molecular flexibility index (Phi) is 2.94. The van der Waals surface area contributed by atoms with E-state index in [-0.39, 0.29) is 11.6 Å². The van der Waals surface area contributed by atoms with Crippen molar-refractivity contribution in [1.29, 1.82) is 0 Å². The van der Waals surface area contributed by atoms with E-state index >= 15 is 0 Å². The lowest BCUT2D eigenvalue weighted by molar-refractivity contribution is 0.0697. The highest BCUT2D eigenvalue weighted by Crippen LogP contribution is 2.18. The smallest absolute Gasteiger partial charge is 0.335 e. The molecule has 7 nitrogen and oxygen atoms in total. The van der Waals surface area contributed by atoms with Crippen LogP contribution in [0, 0.1) is 0 Å². The highest BCUT2D eigenvalue weighted by molar-refractivity contribution is 5.92. The van der Waals surface area contributed by atoms with Gasteiger partial charge < -0.3 is 5.11 Å². The minimum atomic E-state index is -0.967. The van der Waals surface area contributed by atoms with Gasteiger partial charge in [-0.2, -0.15) is 5.10 Å². The zero-order chi connectivity index (χ0) is 14.1. The fourth-order valence-electron chi connectivity index (χ4n) is 2.16. The quantitative estimate of drug-likeness (QED) is 0.778. The predicted octanol–water partition coefficient (Wildman–Crippen LogP) is 1.59. The molecule has 2 heterocycles. The molecule has 7 heteroatoms. The monoisotopic (exact) mass is 271 g/mol. The summed E-state index contributed by atoms with van der Waals surface area (Å²) in [6.07, 6.45) is 3.61. The van der Waals surface area contributed by atoms with Gasteiger partial charge in [0.05, 0.1) is 23.7 Å². The third-order valence-corrected chi connectivity index (χ3v) is 3.15. The van der Waals surface area contributed by atoms with Crippen LogP contribution in [0.2, 0.25) is 0 Å². The molecule has 3 aromatic rings. The molecule has 2 aromatic heterocycles. The summed E-state index contributed by atoms with van der Waals surface area (Å²) in [5.41, 5.74) is 1.61. The molecular weight excluding hydrogens is 258 g/mol. The number of fused-ring (bicyclic) bond motifs is 1. The van der Waals surface area contributed by atoms with Gasteiger partial charge in [0.25, 0.3) is 0 Å². The number of hydrogen-bond donors (Lipinski definition) is 1. The average Bonchev–Trinajstić information content (AvgIpc) is 3.06. The van der Waals surface area contributed by atoms with Crippen molar-refractivity contribution in [2.75, 3.05) is 0 Å². The first-order valence-electron chi connectivity index (χ1n) is 6.21. The second-order valence-electron chi connectivity index (χ2n) is 4.62. The third-order valence-electron chi connectivity index (χ3n) is 3.15. The Morgan fingerprint density at radius 2 is 2.30 bits per heavy atom. The lowest BCUT2D eigenvalue weighted by Crippen LogP contribution is -2.14. The molecule has 0 saturated carbocycles. The van der Waals surface area contributed by atoms with Crippen molar-refractivity contribution < 1.29 is 9.90 Å². The Labute approximate surface area is 114 Å². The van der Waals surface area contributed by atoms with Crippen molar-refractivity contribution in [3.63, 3.8) is 0 Å². The van der Waals surface area contributed by atoms with Gasteiger partial charge in [0.15, 0.2) is 0 Å². The van der Waals surface area contributed by atoms with E-state index in [0.717, 1.165) is 5.52 Å². The molecule has 1 unspecified atom stereocenters. The molecule has 0 aliphatic carbocycles. The topological polar surface area (TPSA) is 85.8 Å². The summed E-state index contributed by atoms with van der Waals surface area (Å²) < 4.78 is 3.60. The number of rotatable bonds is 4. The Morgan fingerprint density at radius 3 is 3.00 bits per heavy atom. The van der Waals surface area contributed by atoms with Crippen molar-refractivity contribution in [3.8, 4) is 0 Å². The van der Waals surface area contributed by atoms with Crippen LogP contribution < -0.4 is 0 Å². The molecule has 0 aliphatic rings. The zero-order valence-electron chi connectivity index (χ0n) is 10.8. The van der Waals surface area contributed by atoms with Crippen molar-refractivity contribution in [2.45, 2.75) is 19.5 Å². The summed E-state index contributed by atoms with van der Waals surface area (Å²) in [5, 5.41) is 21.3. The summed E-state index contributed by atoms with van der Waals surface area (Å²) in [4.78, 5) is 10.9.